The smallest absolute Gasteiger partial charge is 0.310 e. The molecule has 1 unspecified atom stereocenters. The Balaban J connectivity index is 1.58. The third-order valence-electron chi connectivity index (χ3n) is 5.59. The molecule has 0 saturated heterocycles. The number of methoxy groups -OCH3 is 1. The predicted molar refractivity (Wildman–Crippen MR) is 131 cm³/mol. The zero-order valence-electron chi connectivity index (χ0n) is 19.8. The molecule has 7 heteroatoms. The van der Waals surface area contributed by atoms with Crippen molar-refractivity contribution in [3.05, 3.63) is 89.4 Å². The Morgan fingerprint density at radius 3 is 2.71 bits per heavy atom. The largest absolute Gasteiger partial charge is 0.486 e. The van der Waals surface area contributed by atoms with Gasteiger partial charge in [-0.1, -0.05) is 30.3 Å². The molecule has 0 amide bonds. The SMILES string of the molecule is COCC(C)OC(=O)Cc1cccc(F)c1OCc1cc(-c2cccc(CN)c2)c2occc2c1. The lowest BCUT2D eigenvalue weighted by Crippen LogP contribution is -2.21. The zero-order valence-corrected chi connectivity index (χ0v) is 19.8. The second-order valence-electron chi connectivity index (χ2n) is 8.34. The van der Waals surface area contributed by atoms with Crippen LogP contribution in [0.25, 0.3) is 22.1 Å². The van der Waals surface area contributed by atoms with Crippen molar-refractivity contribution >= 4 is 16.9 Å². The van der Waals surface area contributed by atoms with Crippen LogP contribution in [-0.2, 0) is 33.8 Å². The summed E-state index contributed by atoms with van der Waals surface area (Å²) in [7, 11) is 1.53. The van der Waals surface area contributed by atoms with Gasteiger partial charge in [0.25, 0.3) is 0 Å². The van der Waals surface area contributed by atoms with Crippen molar-refractivity contribution in [3.8, 4) is 16.9 Å². The number of esters is 1. The second-order valence-corrected chi connectivity index (χ2v) is 8.34. The zero-order chi connectivity index (χ0) is 24.8. The van der Waals surface area contributed by atoms with E-state index >= 15 is 0 Å². The minimum atomic E-state index is -0.541. The molecule has 0 spiro atoms. The van der Waals surface area contributed by atoms with E-state index < -0.39 is 17.9 Å². The Hall–Kier alpha value is -3.68. The number of ether oxygens (including phenoxy) is 3. The van der Waals surface area contributed by atoms with Crippen LogP contribution in [0.15, 0.2) is 71.3 Å². The molecule has 1 aromatic heterocycles. The quantitative estimate of drug-likeness (QED) is 0.308. The van der Waals surface area contributed by atoms with Gasteiger partial charge in [-0.2, -0.15) is 0 Å². The van der Waals surface area contributed by atoms with Crippen molar-refractivity contribution in [2.75, 3.05) is 13.7 Å². The van der Waals surface area contributed by atoms with Crippen molar-refractivity contribution in [2.24, 2.45) is 5.73 Å². The molecule has 0 aliphatic carbocycles. The summed E-state index contributed by atoms with van der Waals surface area (Å²) in [6.45, 7) is 2.55. The fourth-order valence-corrected chi connectivity index (χ4v) is 4.01. The Labute approximate surface area is 203 Å². The molecular formula is C28H28FNO5. The highest BCUT2D eigenvalue weighted by molar-refractivity contribution is 5.93. The molecule has 0 radical (unpaired) electrons. The Morgan fingerprint density at radius 1 is 1.09 bits per heavy atom. The predicted octanol–water partition coefficient (Wildman–Crippen LogP) is 5.40. The van der Waals surface area contributed by atoms with E-state index in [9.17, 15) is 9.18 Å². The Bertz CT molecular complexity index is 1320. The minimum absolute atomic E-state index is 0.0304. The fraction of sp³-hybridized carbons (Fsp3) is 0.250. The number of nitrogens with two attached hydrogens (primary N) is 1. The van der Waals surface area contributed by atoms with Crippen molar-refractivity contribution < 1.29 is 27.8 Å². The highest BCUT2D eigenvalue weighted by Gasteiger charge is 2.17. The van der Waals surface area contributed by atoms with E-state index in [0.29, 0.717) is 12.1 Å². The summed E-state index contributed by atoms with van der Waals surface area (Å²) in [5, 5.41) is 0.906. The van der Waals surface area contributed by atoms with Crippen LogP contribution < -0.4 is 10.5 Å². The van der Waals surface area contributed by atoms with Gasteiger partial charge in [0.15, 0.2) is 11.6 Å². The number of carbonyl (C=O) groups excluding carboxylic acids is 1. The average molecular weight is 478 g/mol. The standard InChI is InChI=1S/C28H28FNO5/c1-18(16-32-2)35-26(31)14-22-7-4-8-25(29)28(22)34-17-20-12-23-9-10-33-27(23)24(13-20)21-6-3-5-19(11-21)15-30/h3-13,18H,14-17,30H2,1-2H3. The Morgan fingerprint density at radius 2 is 1.91 bits per heavy atom. The number of benzene rings is 3. The van der Waals surface area contributed by atoms with Gasteiger partial charge in [0.05, 0.1) is 19.3 Å². The molecule has 0 fully saturated rings. The van der Waals surface area contributed by atoms with Crippen molar-refractivity contribution in [2.45, 2.75) is 32.6 Å². The first-order valence-corrected chi connectivity index (χ1v) is 11.4. The van der Waals surface area contributed by atoms with Crippen LogP contribution in [0.3, 0.4) is 0 Å². The maximum atomic E-state index is 14.7. The van der Waals surface area contributed by atoms with Crippen molar-refractivity contribution in [3.63, 3.8) is 0 Å². The molecule has 35 heavy (non-hydrogen) atoms. The molecule has 182 valence electrons. The molecule has 0 bridgehead atoms. The van der Waals surface area contributed by atoms with E-state index in [1.165, 1.54) is 13.2 Å². The van der Waals surface area contributed by atoms with E-state index in [1.54, 1.807) is 25.3 Å². The molecule has 4 aromatic rings. The molecule has 1 atom stereocenters. The molecule has 2 N–H and O–H groups in total. The normalized spacial score (nSPS) is 12.0. The number of halogens is 1. The molecule has 3 aromatic carbocycles. The van der Waals surface area contributed by atoms with Gasteiger partial charge in [0.2, 0.25) is 0 Å². The van der Waals surface area contributed by atoms with Crippen LogP contribution in [0.4, 0.5) is 4.39 Å². The summed E-state index contributed by atoms with van der Waals surface area (Å²) < 4.78 is 36.6. The summed E-state index contributed by atoms with van der Waals surface area (Å²) in [5.74, 6) is -0.991. The number of para-hydroxylation sites is 1. The van der Waals surface area contributed by atoms with Gasteiger partial charge in [-0.25, -0.2) is 4.39 Å². The first kappa shape index (κ1) is 24.4. The van der Waals surface area contributed by atoms with E-state index in [1.807, 2.05) is 42.5 Å². The maximum Gasteiger partial charge on any atom is 0.310 e. The summed E-state index contributed by atoms with van der Waals surface area (Å²) in [4.78, 5) is 12.3. The maximum absolute atomic E-state index is 14.7. The first-order chi connectivity index (χ1) is 17.0. The van der Waals surface area contributed by atoms with Gasteiger partial charge < -0.3 is 24.4 Å². The van der Waals surface area contributed by atoms with E-state index in [4.69, 9.17) is 24.4 Å². The van der Waals surface area contributed by atoms with Gasteiger partial charge in [-0.05, 0) is 53.9 Å². The van der Waals surface area contributed by atoms with Gasteiger partial charge in [0, 0.05) is 30.2 Å². The third-order valence-corrected chi connectivity index (χ3v) is 5.59. The molecule has 6 nitrogen and oxygen atoms in total. The summed E-state index contributed by atoms with van der Waals surface area (Å²) in [5.41, 5.74) is 10.7. The molecule has 4 rings (SSSR count). The summed E-state index contributed by atoms with van der Waals surface area (Å²) >= 11 is 0. The highest BCUT2D eigenvalue weighted by atomic mass is 19.1. The minimum Gasteiger partial charge on any atom is -0.486 e. The van der Waals surface area contributed by atoms with Crippen LogP contribution in [0.5, 0.6) is 5.75 Å². The van der Waals surface area contributed by atoms with E-state index in [-0.39, 0.29) is 25.4 Å². The number of hydrogen-bond acceptors (Lipinski definition) is 6. The van der Waals surface area contributed by atoms with Crippen LogP contribution in [0.2, 0.25) is 0 Å². The summed E-state index contributed by atoms with van der Waals surface area (Å²) in [6.07, 6.45) is 1.12. The fourth-order valence-electron chi connectivity index (χ4n) is 4.01. The monoisotopic (exact) mass is 477 g/mol. The lowest BCUT2D eigenvalue weighted by molar-refractivity contribution is -0.149. The van der Waals surface area contributed by atoms with Crippen LogP contribution >= 0.6 is 0 Å². The molecule has 0 aliphatic heterocycles. The highest BCUT2D eigenvalue weighted by Crippen LogP contribution is 2.32. The number of carbonyl (C=O) groups is 1. The van der Waals surface area contributed by atoms with E-state index in [0.717, 1.165) is 33.2 Å². The number of furan rings is 1. The van der Waals surface area contributed by atoms with Crippen LogP contribution in [0.1, 0.15) is 23.6 Å². The third kappa shape index (κ3) is 5.88. The molecule has 1 heterocycles. The topological polar surface area (TPSA) is 83.9 Å². The van der Waals surface area contributed by atoms with Gasteiger partial charge in [0.1, 0.15) is 18.3 Å². The van der Waals surface area contributed by atoms with E-state index in [2.05, 4.69) is 0 Å². The lowest BCUT2D eigenvalue weighted by Gasteiger charge is -2.15. The average Bonchev–Trinajstić information content (AvgIpc) is 3.32. The second kappa shape index (κ2) is 11.2. The van der Waals surface area contributed by atoms with Gasteiger partial charge in [-0.15, -0.1) is 0 Å². The lowest BCUT2D eigenvalue weighted by atomic mass is 9.99. The van der Waals surface area contributed by atoms with Crippen LogP contribution in [0, 0.1) is 5.82 Å². The number of rotatable bonds is 10. The van der Waals surface area contributed by atoms with Gasteiger partial charge >= 0.3 is 5.97 Å². The first-order valence-electron chi connectivity index (χ1n) is 11.4. The molecular weight excluding hydrogens is 449 g/mol. The molecule has 0 aliphatic rings. The van der Waals surface area contributed by atoms with Gasteiger partial charge in [-0.3, -0.25) is 4.79 Å². The van der Waals surface area contributed by atoms with Crippen molar-refractivity contribution in [1.82, 2.24) is 0 Å². The molecule has 0 saturated carbocycles. The number of hydrogen-bond donors (Lipinski definition) is 1. The number of fused-ring (bicyclic) bond motifs is 1. The Kier molecular flexibility index (Phi) is 7.80. The van der Waals surface area contributed by atoms with Crippen molar-refractivity contribution in [1.29, 1.82) is 0 Å². The summed E-state index contributed by atoms with van der Waals surface area (Å²) in [6, 6.07) is 18.2. The van der Waals surface area contributed by atoms with Crippen LogP contribution in [-0.4, -0.2) is 25.8 Å².